The van der Waals surface area contributed by atoms with Crippen LogP contribution in [0.2, 0.25) is 0 Å². The van der Waals surface area contributed by atoms with Crippen LogP contribution >= 0.6 is 12.4 Å². The van der Waals surface area contributed by atoms with Gasteiger partial charge in [0.05, 0.1) is 24.7 Å². The Morgan fingerprint density at radius 1 is 1.53 bits per heavy atom. The number of carbonyl (C=O) groups excluding carboxylic acids is 1. The highest BCUT2D eigenvalue weighted by atomic mass is 35.5. The summed E-state index contributed by atoms with van der Waals surface area (Å²) >= 11 is 0. The monoisotopic (exact) mass is 288 g/mol. The second-order valence-corrected chi connectivity index (χ2v) is 3.81. The fraction of sp³-hybridized carbons (Fsp3) is 0.364. The minimum absolute atomic E-state index is 0. The van der Waals surface area contributed by atoms with E-state index >= 15 is 0 Å². The lowest BCUT2D eigenvalue weighted by Crippen LogP contribution is -2.35. The van der Waals surface area contributed by atoms with Crippen LogP contribution in [0.5, 0.6) is 5.75 Å². The van der Waals surface area contributed by atoms with E-state index in [9.17, 15) is 14.9 Å². The standard InChI is InChI=1S/C11H12N2O5.ClH/c1-17-10-3-2-7(6-9(10)13(15)16)8-4-5-18-11(14)12-8;/h2-3,6,8H,4-5H2,1H3,(H,12,14);1H/t8-;/m0./s1. The number of nitrogens with zero attached hydrogens (tertiary/aromatic N) is 1. The summed E-state index contributed by atoms with van der Waals surface area (Å²) in [5.74, 6) is 0.196. The fourth-order valence-corrected chi connectivity index (χ4v) is 1.84. The van der Waals surface area contributed by atoms with Gasteiger partial charge in [0.1, 0.15) is 0 Å². The van der Waals surface area contributed by atoms with Gasteiger partial charge in [-0.3, -0.25) is 10.1 Å². The van der Waals surface area contributed by atoms with Gasteiger partial charge >= 0.3 is 11.8 Å². The van der Waals surface area contributed by atoms with E-state index in [4.69, 9.17) is 9.47 Å². The maximum Gasteiger partial charge on any atom is 0.407 e. The Balaban J connectivity index is 0.00000180. The molecule has 1 saturated heterocycles. The van der Waals surface area contributed by atoms with Gasteiger partial charge in [0.2, 0.25) is 0 Å². The highest BCUT2D eigenvalue weighted by Crippen LogP contribution is 2.31. The summed E-state index contributed by atoms with van der Waals surface area (Å²) in [5.41, 5.74) is 0.551. The molecule has 1 aromatic rings. The largest absolute Gasteiger partial charge is 0.490 e. The zero-order chi connectivity index (χ0) is 13.1. The van der Waals surface area contributed by atoms with Gasteiger partial charge in [-0.25, -0.2) is 4.79 Å². The van der Waals surface area contributed by atoms with Gasteiger partial charge in [0, 0.05) is 12.5 Å². The number of carbonyl (C=O) groups is 1. The van der Waals surface area contributed by atoms with E-state index in [1.54, 1.807) is 6.07 Å². The molecule has 0 aromatic heterocycles. The summed E-state index contributed by atoms with van der Waals surface area (Å²) in [4.78, 5) is 21.5. The molecule has 1 aliphatic rings. The third-order valence-electron chi connectivity index (χ3n) is 2.73. The lowest BCUT2D eigenvalue weighted by atomic mass is 10.0. The molecule has 1 aromatic carbocycles. The zero-order valence-electron chi connectivity index (χ0n) is 10.1. The smallest absolute Gasteiger partial charge is 0.407 e. The van der Waals surface area contributed by atoms with Gasteiger partial charge in [-0.2, -0.15) is 0 Å². The number of nitro groups is 1. The van der Waals surface area contributed by atoms with Crippen molar-refractivity contribution >= 4 is 24.2 Å². The minimum atomic E-state index is -0.510. The number of benzene rings is 1. The first-order valence-corrected chi connectivity index (χ1v) is 5.37. The second-order valence-electron chi connectivity index (χ2n) is 3.81. The molecule has 104 valence electrons. The molecule has 1 atom stereocenters. The molecule has 1 fully saturated rings. The van der Waals surface area contributed by atoms with Crippen molar-refractivity contribution in [3.05, 3.63) is 33.9 Å². The summed E-state index contributed by atoms with van der Waals surface area (Å²) in [6.45, 7) is 0.302. The summed E-state index contributed by atoms with van der Waals surface area (Å²) in [5, 5.41) is 13.5. The number of cyclic esters (lactones) is 1. The summed E-state index contributed by atoms with van der Waals surface area (Å²) in [6.07, 6.45) is 0.0691. The van der Waals surface area contributed by atoms with Crippen molar-refractivity contribution in [3.63, 3.8) is 0 Å². The van der Waals surface area contributed by atoms with Crippen LogP contribution < -0.4 is 10.1 Å². The van der Waals surface area contributed by atoms with Gasteiger partial charge in [-0.15, -0.1) is 12.4 Å². The first kappa shape index (κ1) is 15.0. The van der Waals surface area contributed by atoms with Crippen molar-refractivity contribution in [1.29, 1.82) is 0 Å². The average molecular weight is 289 g/mol. The van der Waals surface area contributed by atoms with Crippen LogP contribution in [0.4, 0.5) is 10.5 Å². The van der Waals surface area contributed by atoms with Crippen LogP contribution in [0.15, 0.2) is 18.2 Å². The number of nitrogens with one attached hydrogen (secondary N) is 1. The van der Waals surface area contributed by atoms with Crippen molar-refractivity contribution in [2.45, 2.75) is 12.5 Å². The maximum atomic E-state index is 11.1. The Kier molecular flexibility index (Phi) is 4.94. The Morgan fingerprint density at radius 3 is 2.84 bits per heavy atom. The van der Waals surface area contributed by atoms with Crippen molar-refractivity contribution in [1.82, 2.24) is 5.32 Å². The lowest BCUT2D eigenvalue weighted by molar-refractivity contribution is -0.385. The molecular weight excluding hydrogens is 276 g/mol. The van der Waals surface area contributed by atoms with Crippen molar-refractivity contribution in [2.75, 3.05) is 13.7 Å². The third-order valence-corrected chi connectivity index (χ3v) is 2.73. The number of halogens is 1. The SMILES string of the molecule is COc1ccc([C@@H]2CCOC(=O)N2)cc1[N+](=O)[O-].Cl. The number of hydrogen-bond donors (Lipinski definition) is 1. The van der Waals surface area contributed by atoms with E-state index < -0.39 is 11.0 Å². The second kappa shape index (κ2) is 6.24. The van der Waals surface area contributed by atoms with Gasteiger partial charge in [0.15, 0.2) is 5.75 Å². The quantitative estimate of drug-likeness (QED) is 0.680. The number of ether oxygens (including phenoxy) is 2. The third kappa shape index (κ3) is 3.25. The van der Waals surface area contributed by atoms with Crippen molar-refractivity contribution in [2.24, 2.45) is 0 Å². The van der Waals surface area contributed by atoms with E-state index in [0.29, 0.717) is 18.6 Å². The number of nitro benzene ring substituents is 1. The Hall–Kier alpha value is -2.02. The van der Waals surface area contributed by atoms with Crippen LogP contribution in [0, 0.1) is 10.1 Å². The fourth-order valence-electron chi connectivity index (χ4n) is 1.84. The molecule has 0 unspecified atom stereocenters. The number of hydrogen-bond acceptors (Lipinski definition) is 5. The van der Waals surface area contributed by atoms with Crippen LogP contribution in [-0.2, 0) is 4.74 Å². The molecule has 1 N–H and O–H groups in total. The molecule has 0 radical (unpaired) electrons. The van der Waals surface area contributed by atoms with E-state index in [1.165, 1.54) is 19.2 Å². The summed E-state index contributed by atoms with van der Waals surface area (Å²) in [6, 6.07) is 4.36. The summed E-state index contributed by atoms with van der Waals surface area (Å²) < 4.78 is 9.66. The topological polar surface area (TPSA) is 90.7 Å². The Labute approximate surface area is 115 Å². The molecule has 2 rings (SSSR count). The lowest BCUT2D eigenvalue weighted by Gasteiger charge is -2.23. The molecule has 1 heterocycles. The van der Waals surface area contributed by atoms with Gasteiger partial charge in [-0.1, -0.05) is 6.07 Å². The van der Waals surface area contributed by atoms with E-state index in [1.807, 2.05) is 0 Å². The molecule has 0 saturated carbocycles. The predicted octanol–water partition coefficient (Wildman–Crippen LogP) is 2.20. The normalized spacial score (nSPS) is 17.7. The predicted molar refractivity (Wildman–Crippen MR) is 68.7 cm³/mol. The molecular formula is C11H13ClN2O5. The number of amides is 1. The van der Waals surface area contributed by atoms with Gasteiger partial charge in [-0.05, 0) is 11.6 Å². The van der Waals surface area contributed by atoms with Crippen molar-refractivity contribution < 1.29 is 19.2 Å². The van der Waals surface area contributed by atoms with Crippen LogP contribution in [-0.4, -0.2) is 24.7 Å². The molecule has 8 heteroatoms. The molecule has 7 nitrogen and oxygen atoms in total. The van der Waals surface area contributed by atoms with E-state index in [2.05, 4.69) is 5.32 Å². The average Bonchev–Trinajstić information content (AvgIpc) is 2.38. The number of methoxy groups -OCH3 is 1. The van der Waals surface area contributed by atoms with Crippen LogP contribution in [0.3, 0.4) is 0 Å². The minimum Gasteiger partial charge on any atom is -0.490 e. The molecule has 1 aliphatic heterocycles. The van der Waals surface area contributed by atoms with Crippen LogP contribution in [0.1, 0.15) is 18.0 Å². The van der Waals surface area contributed by atoms with E-state index in [0.717, 1.165) is 0 Å². The van der Waals surface area contributed by atoms with E-state index in [-0.39, 0.29) is 29.9 Å². The molecule has 0 bridgehead atoms. The highest BCUT2D eigenvalue weighted by molar-refractivity contribution is 5.85. The van der Waals surface area contributed by atoms with Crippen molar-refractivity contribution in [3.8, 4) is 5.75 Å². The molecule has 0 spiro atoms. The molecule has 0 aliphatic carbocycles. The zero-order valence-corrected chi connectivity index (χ0v) is 10.9. The first-order chi connectivity index (χ1) is 8.61. The molecule has 19 heavy (non-hydrogen) atoms. The van der Waals surface area contributed by atoms with Gasteiger partial charge < -0.3 is 14.8 Å². The number of rotatable bonds is 3. The van der Waals surface area contributed by atoms with Crippen LogP contribution in [0.25, 0.3) is 0 Å². The summed E-state index contributed by atoms with van der Waals surface area (Å²) in [7, 11) is 1.37. The maximum absolute atomic E-state index is 11.1. The molecule has 1 amide bonds. The highest BCUT2D eigenvalue weighted by Gasteiger charge is 2.24. The Morgan fingerprint density at radius 2 is 2.26 bits per heavy atom. The Bertz CT molecular complexity index is 494. The van der Waals surface area contributed by atoms with Gasteiger partial charge in [0.25, 0.3) is 0 Å². The first-order valence-electron chi connectivity index (χ1n) is 5.37. The number of alkyl carbamates (subject to hydrolysis) is 1.